The van der Waals surface area contributed by atoms with Gasteiger partial charge < -0.3 is 14.8 Å². The van der Waals surface area contributed by atoms with E-state index in [1.807, 2.05) is 43.5 Å². The fourth-order valence-corrected chi connectivity index (χ4v) is 2.44. The van der Waals surface area contributed by atoms with Gasteiger partial charge in [0.1, 0.15) is 11.5 Å². The molecule has 0 unspecified atom stereocenters. The molecular formula is C23H31NO2. The van der Waals surface area contributed by atoms with Gasteiger partial charge >= 0.3 is 0 Å². The first kappa shape index (κ1) is 21.4. The van der Waals surface area contributed by atoms with Gasteiger partial charge in [-0.05, 0) is 56.2 Å². The number of rotatable bonds is 11. The Balaban J connectivity index is 2.81. The summed E-state index contributed by atoms with van der Waals surface area (Å²) in [5.74, 6) is 1.60. The number of methoxy groups -OCH3 is 2. The first-order valence-electron chi connectivity index (χ1n) is 8.79. The number of allylic oxidation sites excluding steroid dienone is 6. The van der Waals surface area contributed by atoms with Crippen LogP contribution in [-0.4, -0.2) is 20.8 Å². The van der Waals surface area contributed by atoms with Crippen molar-refractivity contribution in [1.82, 2.24) is 5.32 Å². The van der Waals surface area contributed by atoms with Crippen molar-refractivity contribution in [3.63, 3.8) is 0 Å². The topological polar surface area (TPSA) is 30.5 Å². The van der Waals surface area contributed by atoms with Crippen LogP contribution in [0, 0.1) is 6.92 Å². The largest absolute Gasteiger partial charge is 0.496 e. The summed E-state index contributed by atoms with van der Waals surface area (Å²) in [5, 5.41) is 3.30. The standard InChI is InChI=1S/C23H31NO2/c1-7-9-20(13-15-24-14-8-10-18(2)3)11-12-21-16-19(4)22(25-5)17-23(21)26-6/h7,9,11-13,15-17,24H,1-2,8,10,14H2,3-6H3/b12-11+,15-13-,20-9-. The van der Waals surface area contributed by atoms with Gasteiger partial charge in [-0.1, -0.05) is 36.5 Å². The quantitative estimate of drug-likeness (QED) is 0.319. The average Bonchev–Trinajstić information content (AvgIpc) is 2.62. The Kier molecular flexibility index (Phi) is 9.70. The van der Waals surface area contributed by atoms with Crippen molar-refractivity contribution in [3.05, 3.63) is 78.1 Å². The van der Waals surface area contributed by atoms with Crippen LogP contribution in [0.1, 0.15) is 30.9 Å². The minimum atomic E-state index is 0.781. The molecule has 0 bridgehead atoms. The molecule has 0 aliphatic rings. The van der Waals surface area contributed by atoms with Crippen LogP contribution in [0.4, 0.5) is 0 Å². The molecule has 0 aliphatic heterocycles. The first-order valence-corrected chi connectivity index (χ1v) is 8.79. The maximum Gasteiger partial charge on any atom is 0.129 e. The van der Waals surface area contributed by atoms with E-state index in [9.17, 15) is 0 Å². The van der Waals surface area contributed by atoms with Crippen molar-refractivity contribution in [1.29, 1.82) is 0 Å². The lowest BCUT2D eigenvalue weighted by Crippen LogP contribution is -2.06. The van der Waals surface area contributed by atoms with Gasteiger partial charge in [0.25, 0.3) is 0 Å². The second-order valence-electron chi connectivity index (χ2n) is 6.15. The highest BCUT2D eigenvalue weighted by molar-refractivity contribution is 5.64. The van der Waals surface area contributed by atoms with Crippen molar-refractivity contribution in [3.8, 4) is 11.5 Å². The first-order chi connectivity index (χ1) is 12.5. The highest BCUT2D eigenvalue weighted by Gasteiger charge is 2.06. The number of aryl methyl sites for hydroxylation is 1. The molecule has 0 aliphatic carbocycles. The molecule has 1 rings (SSSR count). The normalized spacial score (nSPS) is 11.8. The molecule has 0 saturated carbocycles. The van der Waals surface area contributed by atoms with E-state index in [1.165, 1.54) is 5.57 Å². The lowest BCUT2D eigenvalue weighted by molar-refractivity contribution is 0.392. The maximum absolute atomic E-state index is 5.47. The van der Waals surface area contributed by atoms with Gasteiger partial charge in [-0.25, -0.2) is 0 Å². The molecule has 0 radical (unpaired) electrons. The van der Waals surface area contributed by atoms with E-state index in [1.54, 1.807) is 20.3 Å². The van der Waals surface area contributed by atoms with Gasteiger partial charge in [-0.2, -0.15) is 0 Å². The van der Waals surface area contributed by atoms with Crippen LogP contribution in [0.2, 0.25) is 0 Å². The van der Waals surface area contributed by atoms with Gasteiger partial charge in [0.05, 0.1) is 14.2 Å². The summed E-state index contributed by atoms with van der Waals surface area (Å²) in [6.07, 6.45) is 13.9. The molecule has 1 aromatic carbocycles. The van der Waals surface area contributed by atoms with Crippen molar-refractivity contribution < 1.29 is 9.47 Å². The molecule has 3 heteroatoms. The third-order valence-electron chi connectivity index (χ3n) is 3.83. The van der Waals surface area contributed by atoms with E-state index < -0.39 is 0 Å². The number of hydrogen-bond acceptors (Lipinski definition) is 3. The Hall–Kier alpha value is -2.68. The maximum atomic E-state index is 5.47. The van der Waals surface area contributed by atoms with Crippen molar-refractivity contribution in [2.45, 2.75) is 26.7 Å². The molecule has 0 atom stereocenters. The number of nitrogens with one attached hydrogen (secondary N) is 1. The predicted octanol–water partition coefficient (Wildman–Crippen LogP) is 5.60. The van der Waals surface area contributed by atoms with Crippen molar-refractivity contribution >= 4 is 6.08 Å². The molecular weight excluding hydrogens is 322 g/mol. The molecule has 0 aromatic heterocycles. The second kappa shape index (κ2) is 11.8. The summed E-state index contributed by atoms with van der Waals surface area (Å²) in [7, 11) is 3.33. The number of benzene rings is 1. The molecule has 0 amide bonds. The fourth-order valence-electron chi connectivity index (χ4n) is 2.44. The van der Waals surface area contributed by atoms with Crippen LogP contribution in [-0.2, 0) is 0 Å². The van der Waals surface area contributed by atoms with E-state index in [0.717, 1.165) is 47.6 Å². The zero-order valence-electron chi connectivity index (χ0n) is 16.5. The van der Waals surface area contributed by atoms with Crippen molar-refractivity contribution in [2.24, 2.45) is 0 Å². The fraction of sp³-hybridized carbons (Fsp3) is 0.304. The van der Waals surface area contributed by atoms with E-state index >= 15 is 0 Å². The monoisotopic (exact) mass is 353 g/mol. The van der Waals surface area contributed by atoms with Crippen LogP contribution in [0.25, 0.3) is 6.08 Å². The molecule has 26 heavy (non-hydrogen) atoms. The lowest BCUT2D eigenvalue weighted by atomic mass is 10.1. The Bertz CT molecular complexity index is 696. The van der Waals surface area contributed by atoms with Crippen LogP contribution in [0.5, 0.6) is 11.5 Å². The summed E-state index contributed by atoms with van der Waals surface area (Å²) in [4.78, 5) is 0. The summed E-state index contributed by atoms with van der Waals surface area (Å²) in [6, 6.07) is 3.96. The molecule has 0 saturated heterocycles. The third kappa shape index (κ3) is 7.47. The Morgan fingerprint density at radius 3 is 2.50 bits per heavy atom. The molecule has 1 N–H and O–H groups in total. The minimum absolute atomic E-state index is 0.781. The zero-order chi connectivity index (χ0) is 19.4. The highest BCUT2D eigenvalue weighted by Crippen LogP contribution is 2.29. The van der Waals surface area contributed by atoms with Crippen LogP contribution < -0.4 is 14.8 Å². The molecule has 0 fully saturated rings. The van der Waals surface area contributed by atoms with Gasteiger partial charge in [0, 0.05) is 18.2 Å². The second-order valence-corrected chi connectivity index (χ2v) is 6.15. The van der Waals surface area contributed by atoms with Crippen LogP contribution in [0.3, 0.4) is 0 Å². The molecule has 1 aromatic rings. The lowest BCUT2D eigenvalue weighted by Gasteiger charge is -2.10. The predicted molar refractivity (Wildman–Crippen MR) is 113 cm³/mol. The summed E-state index contributed by atoms with van der Waals surface area (Å²) in [6.45, 7) is 12.7. The molecule has 3 nitrogen and oxygen atoms in total. The smallest absolute Gasteiger partial charge is 0.129 e. The van der Waals surface area contributed by atoms with Crippen LogP contribution in [0.15, 0.2) is 66.9 Å². The SMILES string of the molecule is C=C/C=C(\C=C/NCCCC(=C)C)/C=C/c1cc(C)c(OC)cc1OC. The van der Waals surface area contributed by atoms with E-state index in [-0.39, 0.29) is 0 Å². The van der Waals surface area contributed by atoms with E-state index in [2.05, 4.69) is 31.5 Å². The molecule has 0 heterocycles. The van der Waals surface area contributed by atoms with Gasteiger partial charge in [-0.15, -0.1) is 6.58 Å². The van der Waals surface area contributed by atoms with Crippen molar-refractivity contribution in [2.75, 3.05) is 20.8 Å². The number of hydrogen-bond donors (Lipinski definition) is 1. The van der Waals surface area contributed by atoms with E-state index in [0.29, 0.717) is 0 Å². The summed E-state index contributed by atoms with van der Waals surface area (Å²) in [5.41, 5.74) is 4.33. The molecule has 0 spiro atoms. The van der Waals surface area contributed by atoms with Gasteiger partial charge in [0.2, 0.25) is 0 Å². The van der Waals surface area contributed by atoms with Crippen LogP contribution >= 0.6 is 0 Å². The Morgan fingerprint density at radius 2 is 1.88 bits per heavy atom. The average molecular weight is 354 g/mol. The Morgan fingerprint density at radius 1 is 1.15 bits per heavy atom. The van der Waals surface area contributed by atoms with E-state index in [4.69, 9.17) is 9.47 Å². The van der Waals surface area contributed by atoms with Gasteiger partial charge in [-0.3, -0.25) is 0 Å². The third-order valence-corrected chi connectivity index (χ3v) is 3.83. The summed E-state index contributed by atoms with van der Waals surface area (Å²) >= 11 is 0. The zero-order valence-corrected chi connectivity index (χ0v) is 16.5. The minimum Gasteiger partial charge on any atom is -0.496 e. The van der Waals surface area contributed by atoms with Gasteiger partial charge in [0.15, 0.2) is 0 Å². The Labute approximate surface area is 158 Å². The highest BCUT2D eigenvalue weighted by atomic mass is 16.5. The summed E-state index contributed by atoms with van der Waals surface area (Å²) < 4.78 is 10.8. The number of ether oxygens (including phenoxy) is 2. The molecule has 140 valence electrons.